The van der Waals surface area contributed by atoms with Gasteiger partial charge in [0.15, 0.2) is 0 Å². The Morgan fingerprint density at radius 2 is 2.15 bits per heavy atom. The maximum absolute atomic E-state index is 14.0. The van der Waals surface area contributed by atoms with Crippen molar-refractivity contribution < 1.29 is 24.4 Å². The summed E-state index contributed by atoms with van der Waals surface area (Å²) in [5.74, 6) is 4.15. The second-order valence-corrected chi connectivity index (χ2v) is 4.40. The molecule has 1 saturated heterocycles. The third-order valence-electron chi connectivity index (χ3n) is 3.11. The molecule has 2 rings (SSSR count). The van der Waals surface area contributed by atoms with E-state index in [1.54, 1.807) is 0 Å². The summed E-state index contributed by atoms with van der Waals surface area (Å²) in [6.45, 7) is 0.985. The molecule has 0 amide bonds. The van der Waals surface area contributed by atoms with Gasteiger partial charge in [0.25, 0.3) is 5.56 Å². The van der Waals surface area contributed by atoms with Gasteiger partial charge in [-0.3, -0.25) is 4.79 Å². The molecule has 0 radical (unpaired) electrons. The van der Waals surface area contributed by atoms with E-state index in [1.807, 2.05) is 0 Å². The van der Waals surface area contributed by atoms with Crippen molar-refractivity contribution in [3.63, 3.8) is 0 Å². The maximum Gasteiger partial charge on any atom is 0.251 e. The highest BCUT2D eigenvalue weighted by molar-refractivity contribution is 5.38. The first-order chi connectivity index (χ1) is 9.49. The van der Waals surface area contributed by atoms with E-state index in [2.05, 4.69) is 16.8 Å². The van der Waals surface area contributed by atoms with Gasteiger partial charge in [-0.25, -0.2) is 4.39 Å². The number of H-pyrrole nitrogens is 1. The highest BCUT2D eigenvalue weighted by atomic mass is 19.1. The van der Waals surface area contributed by atoms with Gasteiger partial charge in [0, 0.05) is 6.07 Å². The number of aromatic amines is 1. The number of hydrogen-bond donors (Lipinski definition) is 4. The van der Waals surface area contributed by atoms with Gasteiger partial charge in [-0.2, -0.15) is 0 Å². The molecule has 4 atom stereocenters. The fourth-order valence-electron chi connectivity index (χ4n) is 2.18. The van der Waals surface area contributed by atoms with E-state index in [1.165, 1.54) is 6.92 Å². The van der Waals surface area contributed by atoms with Gasteiger partial charge in [0.2, 0.25) is 0 Å². The Labute approximate surface area is 113 Å². The van der Waals surface area contributed by atoms with Crippen LogP contribution in [0.4, 0.5) is 4.39 Å². The molecule has 0 spiro atoms. The molecule has 4 N–H and O–H groups in total. The largest absolute Gasteiger partial charge is 0.394 e. The van der Waals surface area contributed by atoms with E-state index < -0.39 is 42.4 Å². The van der Waals surface area contributed by atoms with Crippen LogP contribution in [0.1, 0.15) is 24.3 Å². The smallest absolute Gasteiger partial charge is 0.251 e. The molecular weight excluding hydrogens is 269 g/mol. The predicted molar refractivity (Wildman–Crippen MR) is 66.3 cm³/mol. The van der Waals surface area contributed by atoms with Crippen LogP contribution in [0.5, 0.6) is 0 Å². The van der Waals surface area contributed by atoms with Gasteiger partial charge in [0.05, 0.1) is 12.2 Å². The first-order valence-corrected chi connectivity index (χ1v) is 5.97. The molecule has 1 aromatic heterocycles. The van der Waals surface area contributed by atoms with E-state index in [0.29, 0.717) is 6.07 Å². The summed E-state index contributed by atoms with van der Waals surface area (Å²) < 4.78 is 19.2. The van der Waals surface area contributed by atoms with Crippen molar-refractivity contribution in [2.75, 3.05) is 6.61 Å². The molecule has 20 heavy (non-hydrogen) atoms. The van der Waals surface area contributed by atoms with Gasteiger partial charge >= 0.3 is 0 Å². The molecule has 0 bridgehead atoms. The zero-order chi connectivity index (χ0) is 14.9. The zero-order valence-electron chi connectivity index (χ0n) is 10.6. The van der Waals surface area contributed by atoms with E-state index in [9.17, 15) is 19.4 Å². The van der Waals surface area contributed by atoms with Crippen LogP contribution in [0.15, 0.2) is 10.9 Å². The summed E-state index contributed by atoms with van der Waals surface area (Å²) in [5.41, 5.74) is -0.829. The summed E-state index contributed by atoms with van der Waals surface area (Å²) in [5, 5.41) is 28.6. The molecule has 1 fully saturated rings. The van der Waals surface area contributed by atoms with Crippen LogP contribution in [-0.2, 0) is 4.74 Å². The number of ether oxygens (including phenoxy) is 1. The lowest BCUT2D eigenvalue weighted by molar-refractivity contribution is -0.0238. The van der Waals surface area contributed by atoms with Crippen molar-refractivity contribution in [1.82, 2.24) is 4.98 Å². The minimum Gasteiger partial charge on any atom is -0.394 e. The molecule has 3 unspecified atom stereocenters. The molecule has 108 valence electrons. The fraction of sp³-hybridized carbons (Fsp3) is 0.462. The van der Waals surface area contributed by atoms with Crippen LogP contribution in [0.25, 0.3) is 0 Å². The summed E-state index contributed by atoms with van der Waals surface area (Å²) in [4.78, 5) is 13.6. The summed E-state index contributed by atoms with van der Waals surface area (Å²) in [7, 11) is 0. The van der Waals surface area contributed by atoms with Crippen LogP contribution >= 0.6 is 0 Å². The Bertz CT molecular complexity index is 617. The SMILES string of the molecule is CC#Cc1[nH]c(=O)cc(F)c1C1O[C@H](CO)C(O)C1O. The van der Waals surface area contributed by atoms with Crippen molar-refractivity contribution in [2.24, 2.45) is 0 Å². The Balaban J connectivity index is 2.52. The molecule has 0 saturated carbocycles. The number of aromatic nitrogens is 1. The number of aliphatic hydroxyl groups is 3. The van der Waals surface area contributed by atoms with Gasteiger partial charge < -0.3 is 25.0 Å². The zero-order valence-corrected chi connectivity index (χ0v) is 10.6. The van der Waals surface area contributed by atoms with Crippen LogP contribution in [0.2, 0.25) is 0 Å². The second kappa shape index (κ2) is 5.73. The van der Waals surface area contributed by atoms with Gasteiger partial charge in [-0.1, -0.05) is 5.92 Å². The molecule has 0 aromatic carbocycles. The third kappa shape index (κ3) is 2.46. The predicted octanol–water partition coefficient (Wildman–Crippen LogP) is -0.961. The average Bonchev–Trinajstić information content (AvgIpc) is 2.66. The number of pyridine rings is 1. The normalized spacial score (nSPS) is 29.1. The lowest BCUT2D eigenvalue weighted by atomic mass is 9.99. The van der Waals surface area contributed by atoms with Crippen molar-refractivity contribution in [1.29, 1.82) is 0 Å². The third-order valence-corrected chi connectivity index (χ3v) is 3.11. The van der Waals surface area contributed by atoms with E-state index in [4.69, 9.17) is 9.84 Å². The number of hydrogen-bond acceptors (Lipinski definition) is 5. The summed E-state index contributed by atoms with van der Waals surface area (Å²) in [6, 6.07) is 0.713. The minimum absolute atomic E-state index is 0.0210. The van der Waals surface area contributed by atoms with E-state index in [0.717, 1.165) is 0 Å². The lowest BCUT2D eigenvalue weighted by Gasteiger charge is -2.17. The van der Waals surface area contributed by atoms with Crippen molar-refractivity contribution in [2.45, 2.75) is 31.3 Å². The molecule has 1 aromatic rings. The number of nitrogens with one attached hydrogen (secondary N) is 1. The number of aliphatic hydroxyl groups excluding tert-OH is 3. The Morgan fingerprint density at radius 1 is 1.45 bits per heavy atom. The van der Waals surface area contributed by atoms with Crippen LogP contribution < -0.4 is 5.56 Å². The Hall–Kier alpha value is -1.72. The molecule has 7 heteroatoms. The number of rotatable bonds is 2. The van der Waals surface area contributed by atoms with Gasteiger partial charge in [-0.15, -0.1) is 0 Å². The minimum atomic E-state index is -1.43. The van der Waals surface area contributed by atoms with Crippen molar-refractivity contribution in [3.8, 4) is 11.8 Å². The van der Waals surface area contributed by atoms with Gasteiger partial charge in [-0.05, 0) is 12.8 Å². The second-order valence-electron chi connectivity index (χ2n) is 4.40. The molecule has 1 aliphatic rings. The Morgan fingerprint density at radius 3 is 2.70 bits per heavy atom. The molecule has 6 nitrogen and oxygen atoms in total. The van der Waals surface area contributed by atoms with Crippen LogP contribution in [0.3, 0.4) is 0 Å². The summed E-state index contributed by atoms with van der Waals surface area (Å²) in [6.07, 6.45) is -5.01. The Kier molecular flexibility index (Phi) is 4.20. The molecular formula is C13H14FNO5. The molecule has 1 aliphatic heterocycles. The van der Waals surface area contributed by atoms with Crippen LogP contribution in [0, 0.1) is 17.7 Å². The first kappa shape index (κ1) is 14.7. The average molecular weight is 283 g/mol. The molecule has 2 heterocycles. The molecule has 0 aliphatic carbocycles. The maximum atomic E-state index is 14.0. The van der Waals surface area contributed by atoms with Crippen molar-refractivity contribution >= 4 is 0 Å². The monoisotopic (exact) mass is 283 g/mol. The van der Waals surface area contributed by atoms with Crippen molar-refractivity contribution in [3.05, 3.63) is 33.5 Å². The van der Waals surface area contributed by atoms with E-state index in [-0.39, 0.29) is 11.3 Å². The topological polar surface area (TPSA) is 103 Å². The lowest BCUT2D eigenvalue weighted by Crippen LogP contribution is -2.32. The van der Waals surface area contributed by atoms with E-state index >= 15 is 0 Å². The number of halogens is 1. The van der Waals surface area contributed by atoms with Crippen LogP contribution in [-0.4, -0.2) is 45.2 Å². The highest BCUT2D eigenvalue weighted by Crippen LogP contribution is 2.35. The first-order valence-electron chi connectivity index (χ1n) is 5.97. The standard InChI is InChI=1S/C13H14FNO5/c1-2-3-7-10(6(14)4-9(17)15-7)13-12(19)11(18)8(5-16)20-13/h4,8,11-13,16,18-19H,5H2,1H3,(H,15,17)/t8-,11?,12?,13?/m1/s1. The summed E-state index contributed by atoms with van der Waals surface area (Å²) >= 11 is 0. The highest BCUT2D eigenvalue weighted by Gasteiger charge is 2.45. The van der Waals surface area contributed by atoms with Gasteiger partial charge in [0.1, 0.15) is 35.9 Å². The fourth-order valence-corrected chi connectivity index (χ4v) is 2.18. The quantitative estimate of drug-likeness (QED) is 0.524.